The van der Waals surface area contributed by atoms with Crippen molar-refractivity contribution in [3.05, 3.63) is 98.9 Å². The summed E-state index contributed by atoms with van der Waals surface area (Å²) in [6.45, 7) is 10.9. The summed E-state index contributed by atoms with van der Waals surface area (Å²) in [5.41, 5.74) is 0.847. The van der Waals surface area contributed by atoms with Crippen molar-refractivity contribution in [3.8, 4) is 5.69 Å². The molecule has 0 radical (unpaired) electrons. The second kappa shape index (κ2) is 8.17. The maximum atomic E-state index is 14.0. The fraction of sp³-hybridized carbons (Fsp3) is 0.130. The third kappa shape index (κ3) is 3.86. The molecular weight excluding hydrogens is 417 g/mol. The molecule has 154 valence electrons. The van der Waals surface area contributed by atoms with Gasteiger partial charge in [-0.1, -0.05) is 29.8 Å². The van der Waals surface area contributed by atoms with Gasteiger partial charge in [-0.15, -0.1) is 0 Å². The molecule has 4 rings (SSSR count). The number of rotatable bonds is 4. The van der Waals surface area contributed by atoms with Crippen LogP contribution < -0.4 is 10.9 Å². The van der Waals surface area contributed by atoms with E-state index in [0.717, 1.165) is 0 Å². The number of pyridine rings is 1. The quantitative estimate of drug-likeness (QED) is 0.425. The Balaban J connectivity index is 1.95. The van der Waals surface area contributed by atoms with E-state index < -0.39 is 11.9 Å². The number of aryl methyl sites for hydroxylation is 1. The van der Waals surface area contributed by atoms with Crippen LogP contribution in [0, 0.1) is 19.3 Å². The lowest BCUT2D eigenvalue weighted by Gasteiger charge is -2.22. The van der Waals surface area contributed by atoms with Gasteiger partial charge in [-0.05, 0) is 49.6 Å². The first-order valence-corrected chi connectivity index (χ1v) is 9.84. The first kappa shape index (κ1) is 20.5. The molecule has 0 fully saturated rings. The molecule has 0 aliphatic carbocycles. The summed E-state index contributed by atoms with van der Waals surface area (Å²) in [6.07, 6.45) is 1.45. The van der Waals surface area contributed by atoms with Gasteiger partial charge < -0.3 is 5.32 Å². The smallest absolute Gasteiger partial charge is 0.264 e. The Morgan fingerprint density at radius 2 is 2.00 bits per heavy atom. The van der Waals surface area contributed by atoms with Gasteiger partial charge in [0.1, 0.15) is 17.5 Å². The predicted octanol–water partition coefficient (Wildman–Crippen LogP) is 5.61. The van der Waals surface area contributed by atoms with E-state index in [1.165, 1.54) is 22.9 Å². The zero-order valence-corrected chi connectivity index (χ0v) is 17.5. The molecule has 1 N–H and O–H groups in total. The van der Waals surface area contributed by atoms with Gasteiger partial charge in [0.2, 0.25) is 5.69 Å². The Kier molecular flexibility index (Phi) is 5.40. The summed E-state index contributed by atoms with van der Waals surface area (Å²) in [5, 5.41) is 4.54. The second-order valence-electron chi connectivity index (χ2n) is 7.02. The number of hydrogen-bond donors (Lipinski definition) is 1. The van der Waals surface area contributed by atoms with Crippen molar-refractivity contribution in [1.82, 2.24) is 14.5 Å². The van der Waals surface area contributed by atoms with Crippen LogP contribution in [0.5, 0.6) is 0 Å². The maximum absolute atomic E-state index is 14.0. The van der Waals surface area contributed by atoms with Gasteiger partial charge in [0.15, 0.2) is 0 Å². The average Bonchev–Trinajstić information content (AvgIpc) is 2.73. The van der Waals surface area contributed by atoms with E-state index in [4.69, 9.17) is 18.2 Å². The Hall–Kier alpha value is -3.76. The van der Waals surface area contributed by atoms with E-state index in [0.29, 0.717) is 38.8 Å². The molecule has 0 spiro atoms. The van der Waals surface area contributed by atoms with Crippen molar-refractivity contribution in [2.24, 2.45) is 0 Å². The average molecular weight is 434 g/mol. The normalized spacial score (nSPS) is 11.8. The predicted molar refractivity (Wildman–Crippen MR) is 120 cm³/mol. The molecule has 0 saturated heterocycles. The highest BCUT2D eigenvalue weighted by molar-refractivity contribution is 6.35. The fourth-order valence-corrected chi connectivity index (χ4v) is 3.73. The maximum Gasteiger partial charge on any atom is 0.264 e. The highest BCUT2D eigenvalue weighted by Gasteiger charge is 2.19. The van der Waals surface area contributed by atoms with Crippen LogP contribution in [0.1, 0.15) is 24.5 Å². The van der Waals surface area contributed by atoms with E-state index in [2.05, 4.69) is 20.1 Å². The van der Waals surface area contributed by atoms with E-state index in [9.17, 15) is 9.18 Å². The molecule has 8 heteroatoms. The number of benzene rings is 2. The molecule has 2 aromatic carbocycles. The van der Waals surface area contributed by atoms with Crippen LogP contribution in [0.25, 0.3) is 21.3 Å². The third-order valence-electron chi connectivity index (χ3n) is 4.90. The van der Waals surface area contributed by atoms with Crippen LogP contribution in [0.3, 0.4) is 0 Å². The van der Waals surface area contributed by atoms with Gasteiger partial charge in [0.25, 0.3) is 5.56 Å². The lowest BCUT2D eigenvalue weighted by Crippen LogP contribution is -2.26. The van der Waals surface area contributed by atoms with Crippen molar-refractivity contribution in [2.75, 3.05) is 5.32 Å². The summed E-state index contributed by atoms with van der Waals surface area (Å²) in [6, 6.07) is 12.4. The monoisotopic (exact) mass is 433 g/mol. The zero-order chi connectivity index (χ0) is 22.1. The lowest BCUT2D eigenvalue weighted by atomic mass is 10.1. The molecule has 31 heavy (non-hydrogen) atoms. The minimum atomic E-state index is -0.461. The van der Waals surface area contributed by atoms with Crippen molar-refractivity contribution in [2.45, 2.75) is 19.9 Å². The summed E-state index contributed by atoms with van der Waals surface area (Å²) < 4.78 is 15.4. The number of nitrogens with zero attached hydrogens (tertiary/aromatic N) is 4. The molecule has 0 aliphatic rings. The van der Waals surface area contributed by atoms with Crippen LogP contribution in [-0.4, -0.2) is 14.5 Å². The standard InChI is InChI=1S/C23H17ClFN5O/c1-13(28-22-19(26-3)12-27-14(2)29-22)20-10-15-6-4-9-18(24)21(15)23(31)30(20)17-8-5-7-16(25)11-17/h4-13H,1-2H3,(H,27,28,29)/t13-/m0/s1. The van der Waals surface area contributed by atoms with E-state index >= 15 is 0 Å². The van der Waals surface area contributed by atoms with Crippen molar-refractivity contribution < 1.29 is 4.39 Å². The van der Waals surface area contributed by atoms with Crippen LogP contribution in [0.2, 0.25) is 5.02 Å². The van der Waals surface area contributed by atoms with Gasteiger partial charge in [-0.3, -0.25) is 14.3 Å². The molecule has 6 nitrogen and oxygen atoms in total. The second-order valence-corrected chi connectivity index (χ2v) is 7.43. The summed E-state index contributed by atoms with van der Waals surface area (Å²) in [4.78, 5) is 25.3. The molecule has 0 saturated carbocycles. The van der Waals surface area contributed by atoms with Gasteiger partial charge in [0.05, 0.1) is 28.7 Å². The number of aromatic nitrogens is 3. The highest BCUT2D eigenvalue weighted by Crippen LogP contribution is 2.29. The van der Waals surface area contributed by atoms with Gasteiger partial charge in [0, 0.05) is 11.9 Å². The Bertz CT molecular complexity index is 1410. The minimum absolute atomic E-state index is 0.265. The van der Waals surface area contributed by atoms with E-state index in [1.807, 2.05) is 13.0 Å². The Morgan fingerprint density at radius 3 is 2.74 bits per heavy atom. The van der Waals surface area contributed by atoms with Crippen molar-refractivity contribution in [3.63, 3.8) is 0 Å². The summed E-state index contributed by atoms with van der Waals surface area (Å²) >= 11 is 6.32. The molecule has 0 unspecified atom stereocenters. The van der Waals surface area contributed by atoms with Crippen LogP contribution >= 0.6 is 11.6 Å². The molecular formula is C23H17ClFN5O. The number of hydrogen-bond acceptors (Lipinski definition) is 4. The summed E-state index contributed by atoms with van der Waals surface area (Å²) in [5.74, 6) is 0.409. The number of anilines is 1. The lowest BCUT2D eigenvalue weighted by molar-refractivity contribution is 0.625. The third-order valence-corrected chi connectivity index (χ3v) is 5.21. The SMILES string of the molecule is [C-]#[N+]c1cnc(C)nc1N[C@@H](C)c1cc2cccc(Cl)c2c(=O)n1-c1cccc(F)c1. The van der Waals surface area contributed by atoms with Crippen LogP contribution in [-0.2, 0) is 0 Å². The zero-order valence-electron chi connectivity index (χ0n) is 16.7. The number of halogens is 2. The Morgan fingerprint density at radius 1 is 1.23 bits per heavy atom. The van der Waals surface area contributed by atoms with Gasteiger partial charge >= 0.3 is 0 Å². The van der Waals surface area contributed by atoms with Gasteiger partial charge in [-0.25, -0.2) is 14.2 Å². The van der Waals surface area contributed by atoms with Crippen molar-refractivity contribution >= 4 is 33.9 Å². The van der Waals surface area contributed by atoms with Gasteiger partial charge in [-0.2, -0.15) is 0 Å². The molecule has 0 aliphatic heterocycles. The van der Waals surface area contributed by atoms with Crippen molar-refractivity contribution in [1.29, 1.82) is 0 Å². The Labute approximate surface area is 182 Å². The topological polar surface area (TPSA) is 64.2 Å². The number of fused-ring (bicyclic) bond motifs is 1. The molecule has 4 aromatic rings. The molecule has 0 bridgehead atoms. The number of nitrogens with one attached hydrogen (secondary N) is 1. The summed E-state index contributed by atoms with van der Waals surface area (Å²) in [7, 11) is 0. The fourth-order valence-electron chi connectivity index (χ4n) is 3.47. The molecule has 1 atom stereocenters. The van der Waals surface area contributed by atoms with Crippen LogP contribution in [0.15, 0.2) is 59.5 Å². The molecule has 2 heterocycles. The highest BCUT2D eigenvalue weighted by atomic mass is 35.5. The first-order chi connectivity index (χ1) is 14.9. The molecule has 0 amide bonds. The van der Waals surface area contributed by atoms with Crippen LogP contribution in [0.4, 0.5) is 15.9 Å². The largest absolute Gasteiger partial charge is 0.371 e. The van der Waals surface area contributed by atoms with E-state index in [-0.39, 0.29) is 11.2 Å². The first-order valence-electron chi connectivity index (χ1n) is 9.47. The minimum Gasteiger partial charge on any atom is -0.371 e. The molecule has 2 aromatic heterocycles. The van der Waals surface area contributed by atoms with E-state index in [1.54, 1.807) is 37.3 Å².